The van der Waals surface area contributed by atoms with E-state index in [9.17, 15) is 10.1 Å². The molecule has 6 heteroatoms. The van der Waals surface area contributed by atoms with Crippen molar-refractivity contribution in [1.82, 2.24) is 4.98 Å². The molecule has 0 unspecified atom stereocenters. The summed E-state index contributed by atoms with van der Waals surface area (Å²) in [5.74, 6) is 0.294. The molecule has 0 atom stereocenters. The van der Waals surface area contributed by atoms with Crippen LogP contribution in [0, 0.1) is 11.3 Å². The Balaban J connectivity index is 1.45. The monoisotopic (exact) mass is 383 g/mol. The smallest absolute Gasteiger partial charge is 0.255 e. The van der Waals surface area contributed by atoms with Crippen LogP contribution in [0.25, 0.3) is 0 Å². The predicted molar refractivity (Wildman–Crippen MR) is 115 cm³/mol. The van der Waals surface area contributed by atoms with Crippen molar-refractivity contribution in [1.29, 1.82) is 5.26 Å². The fourth-order valence-electron chi connectivity index (χ4n) is 3.40. The van der Waals surface area contributed by atoms with Gasteiger partial charge in [0, 0.05) is 36.2 Å². The van der Waals surface area contributed by atoms with Gasteiger partial charge < -0.3 is 15.5 Å². The number of carbonyl (C=O) groups excluding carboxylic acids is 1. The van der Waals surface area contributed by atoms with E-state index in [1.54, 1.807) is 36.5 Å². The number of hydrogen-bond donors (Lipinski definition) is 2. The van der Waals surface area contributed by atoms with Crippen molar-refractivity contribution in [3.05, 3.63) is 78.0 Å². The molecule has 1 amide bonds. The minimum atomic E-state index is -0.210. The molecule has 6 nitrogen and oxygen atoms in total. The lowest BCUT2D eigenvalue weighted by Crippen LogP contribution is -2.17. The van der Waals surface area contributed by atoms with E-state index in [-0.39, 0.29) is 5.91 Å². The maximum Gasteiger partial charge on any atom is 0.255 e. The summed E-state index contributed by atoms with van der Waals surface area (Å²) in [5.41, 5.74) is 3.59. The number of anilines is 4. The summed E-state index contributed by atoms with van der Waals surface area (Å²) in [6.07, 6.45) is 4.04. The Morgan fingerprint density at radius 1 is 1.03 bits per heavy atom. The standard InChI is InChI=1S/C23H21N5O/c24-16-18-5-1-2-6-21(18)27-22-15-17(11-12-25-22)23(29)26-19-7-9-20(10-8-19)28-13-3-4-14-28/h1-2,5-12,15H,3-4,13-14H2,(H,25,27)(H,26,29). The van der Waals surface area contributed by atoms with E-state index in [4.69, 9.17) is 0 Å². The second-order valence-corrected chi connectivity index (χ2v) is 6.91. The Hall–Kier alpha value is -3.85. The van der Waals surface area contributed by atoms with Crippen molar-refractivity contribution >= 4 is 28.8 Å². The van der Waals surface area contributed by atoms with Crippen molar-refractivity contribution in [2.24, 2.45) is 0 Å². The van der Waals surface area contributed by atoms with Crippen LogP contribution in [-0.2, 0) is 0 Å². The predicted octanol–water partition coefficient (Wildman–Crippen LogP) is 4.55. The molecule has 0 radical (unpaired) electrons. The summed E-state index contributed by atoms with van der Waals surface area (Å²) < 4.78 is 0. The van der Waals surface area contributed by atoms with Crippen LogP contribution in [0.4, 0.5) is 22.9 Å². The molecule has 0 aliphatic carbocycles. The third-order valence-electron chi connectivity index (χ3n) is 4.93. The van der Waals surface area contributed by atoms with Crippen molar-refractivity contribution < 1.29 is 4.79 Å². The van der Waals surface area contributed by atoms with Crippen molar-refractivity contribution in [2.75, 3.05) is 28.6 Å². The number of para-hydroxylation sites is 1. The first-order chi connectivity index (χ1) is 14.2. The zero-order valence-electron chi connectivity index (χ0n) is 15.9. The highest BCUT2D eigenvalue weighted by molar-refractivity contribution is 6.04. The molecular formula is C23H21N5O. The molecule has 1 fully saturated rings. The van der Waals surface area contributed by atoms with E-state index in [0.717, 1.165) is 18.8 Å². The first kappa shape index (κ1) is 18.5. The summed E-state index contributed by atoms with van der Waals surface area (Å²) in [6.45, 7) is 2.18. The van der Waals surface area contributed by atoms with Gasteiger partial charge in [-0.2, -0.15) is 5.26 Å². The average Bonchev–Trinajstić information content (AvgIpc) is 3.30. The quantitative estimate of drug-likeness (QED) is 0.676. The minimum absolute atomic E-state index is 0.210. The van der Waals surface area contributed by atoms with Crippen LogP contribution in [0.3, 0.4) is 0 Å². The molecule has 0 spiro atoms. The van der Waals surface area contributed by atoms with Crippen molar-refractivity contribution in [3.8, 4) is 6.07 Å². The van der Waals surface area contributed by atoms with E-state index in [1.807, 2.05) is 30.3 Å². The second kappa shape index (κ2) is 8.44. The molecule has 2 aromatic carbocycles. The number of carbonyl (C=O) groups is 1. The Labute approximate surface area is 169 Å². The Bertz CT molecular complexity index is 1050. The normalized spacial score (nSPS) is 13.0. The third-order valence-corrected chi connectivity index (χ3v) is 4.93. The molecule has 0 bridgehead atoms. The van der Waals surface area contributed by atoms with Gasteiger partial charge in [0.2, 0.25) is 0 Å². The van der Waals surface area contributed by atoms with E-state index < -0.39 is 0 Å². The van der Waals surface area contributed by atoms with Crippen LogP contribution in [0.15, 0.2) is 66.9 Å². The van der Waals surface area contributed by atoms with E-state index in [0.29, 0.717) is 22.6 Å². The van der Waals surface area contributed by atoms with Crippen LogP contribution in [0.5, 0.6) is 0 Å². The van der Waals surface area contributed by atoms with Gasteiger partial charge in [0.1, 0.15) is 11.9 Å². The van der Waals surface area contributed by atoms with Crippen LogP contribution in [0.1, 0.15) is 28.8 Å². The molecule has 29 heavy (non-hydrogen) atoms. The number of pyridine rings is 1. The molecule has 2 heterocycles. The van der Waals surface area contributed by atoms with Gasteiger partial charge in [-0.25, -0.2) is 4.98 Å². The zero-order valence-corrected chi connectivity index (χ0v) is 15.9. The van der Waals surface area contributed by atoms with Crippen LogP contribution in [-0.4, -0.2) is 24.0 Å². The molecule has 144 valence electrons. The SMILES string of the molecule is N#Cc1ccccc1Nc1cc(C(=O)Nc2ccc(N3CCCC3)cc2)ccn1. The lowest BCUT2D eigenvalue weighted by molar-refractivity contribution is 0.102. The number of hydrogen-bond acceptors (Lipinski definition) is 5. The number of benzene rings is 2. The van der Waals surface area contributed by atoms with Gasteiger partial charge in [0.25, 0.3) is 5.91 Å². The Kier molecular flexibility index (Phi) is 5.39. The minimum Gasteiger partial charge on any atom is -0.372 e. The van der Waals surface area contributed by atoms with Gasteiger partial charge in [-0.05, 0) is 61.4 Å². The van der Waals surface area contributed by atoms with E-state index >= 15 is 0 Å². The third kappa shape index (κ3) is 4.36. The van der Waals surface area contributed by atoms with Crippen molar-refractivity contribution in [3.63, 3.8) is 0 Å². The molecule has 1 saturated heterocycles. The number of aromatic nitrogens is 1. The first-order valence-electron chi connectivity index (χ1n) is 9.61. The lowest BCUT2D eigenvalue weighted by Gasteiger charge is -2.17. The molecule has 4 rings (SSSR count). The average molecular weight is 383 g/mol. The summed E-state index contributed by atoms with van der Waals surface area (Å²) in [7, 11) is 0. The van der Waals surface area contributed by atoms with E-state index in [2.05, 4.69) is 26.6 Å². The number of amides is 1. The second-order valence-electron chi connectivity index (χ2n) is 6.91. The fourth-order valence-corrected chi connectivity index (χ4v) is 3.40. The molecule has 3 aromatic rings. The molecule has 1 aliphatic heterocycles. The lowest BCUT2D eigenvalue weighted by atomic mass is 10.2. The Morgan fingerprint density at radius 3 is 2.55 bits per heavy atom. The largest absolute Gasteiger partial charge is 0.372 e. The highest BCUT2D eigenvalue weighted by Crippen LogP contribution is 2.23. The summed E-state index contributed by atoms with van der Waals surface area (Å²) in [5, 5.41) is 15.2. The number of nitrogens with one attached hydrogen (secondary N) is 2. The van der Waals surface area contributed by atoms with Gasteiger partial charge in [0.15, 0.2) is 0 Å². The van der Waals surface area contributed by atoms with Gasteiger partial charge in [0.05, 0.1) is 11.3 Å². The molecule has 1 aromatic heterocycles. The summed E-state index contributed by atoms with van der Waals surface area (Å²) in [6, 6.07) is 20.6. The summed E-state index contributed by atoms with van der Waals surface area (Å²) in [4.78, 5) is 19.3. The van der Waals surface area contributed by atoms with Crippen molar-refractivity contribution in [2.45, 2.75) is 12.8 Å². The number of nitrogens with zero attached hydrogens (tertiary/aromatic N) is 3. The highest BCUT2D eigenvalue weighted by Gasteiger charge is 2.13. The molecule has 2 N–H and O–H groups in total. The molecular weight excluding hydrogens is 362 g/mol. The van der Waals surface area contributed by atoms with Gasteiger partial charge in [-0.3, -0.25) is 4.79 Å². The zero-order chi connectivity index (χ0) is 20.1. The highest BCUT2D eigenvalue weighted by atomic mass is 16.1. The molecule has 1 aliphatic rings. The maximum absolute atomic E-state index is 12.7. The number of rotatable bonds is 5. The first-order valence-corrected chi connectivity index (χ1v) is 9.61. The van der Waals surface area contributed by atoms with E-state index in [1.165, 1.54) is 18.5 Å². The maximum atomic E-state index is 12.7. The van der Waals surface area contributed by atoms with Gasteiger partial charge in [-0.15, -0.1) is 0 Å². The topological polar surface area (TPSA) is 81.0 Å². The van der Waals surface area contributed by atoms with Crippen LogP contribution in [0.2, 0.25) is 0 Å². The number of nitriles is 1. The molecule has 0 saturated carbocycles. The van der Waals surface area contributed by atoms with Crippen LogP contribution >= 0.6 is 0 Å². The van der Waals surface area contributed by atoms with Crippen LogP contribution < -0.4 is 15.5 Å². The van der Waals surface area contributed by atoms with Gasteiger partial charge >= 0.3 is 0 Å². The summed E-state index contributed by atoms with van der Waals surface area (Å²) >= 11 is 0. The Morgan fingerprint density at radius 2 is 1.79 bits per heavy atom. The van der Waals surface area contributed by atoms with Gasteiger partial charge in [-0.1, -0.05) is 12.1 Å². The fraction of sp³-hybridized carbons (Fsp3) is 0.174.